The van der Waals surface area contributed by atoms with E-state index in [1.165, 1.54) is 6.07 Å². The summed E-state index contributed by atoms with van der Waals surface area (Å²) in [6.45, 7) is 1.58. The molecule has 2 aromatic heterocycles. The topological polar surface area (TPSA) is 136 Å². The number of carbonyl (C=O) groups excluding carboxylic acids is 1. The maximum atomic E-state index is 12.0. The zero-order valence-corrected chi connectivity index (χ0v) is 10.6. The molecule has 0 aromatic carbocycles. The quantitative estimate of drug-likeness (QED) is 0.623. The fourth-order valence-corrected chi connectivity index (χ4v) is 1.42. The van der Waals surface area contributed by atoms with Crippen molar-refractivity contribution in [3.05, 3.63) is 33.8 Å². The number of pyridine rings is 1. The molecule has 0 atom stereocenters. The lowest BCUT2D eigenvalue weighted by Gasteiger charge is -2.04. The van der Waals surface area contributed by atoms with Gasteiger partial charge in [-0.2, -0.15) is 4.98 Å². The van der Waals surface area contributed by atoms with E-state index in [4.69, 9.17) is 4.52 Å². The summed E-state index contributed by atoms with van der Waals surface area (Å²) in [4.78, 5) is 29.8. The van der Waals surface area contributed by atoms with Gasteiger partial charge >= 0.3 is 6.01 Å². The Balaban J connectivity index is 2.34. The molecule has 0 aliphatic rings. The molecule has 0 bridgehead atoms. The predicted octanol–water partition coefficient (Wildman–Crippen LogP) is 0.975. The Morgan fingerprint density at radius 3 is 2.80 bits per heavy atom. The number of nitrogens with one attached hydrogen (secondary N) is 2. The molecule has 0 saturated carbocycles. The van der Waals surface area contributed by atoms with Crippen LogP contribution in [0.1, 0.15) is 16.2 Å². The average Bonchev–Trinajstić information content (AvgIpc) is 2.83. The fourth-order valence-electron chi connectivity index (χ4n) is 1.42. The van der Waals surface area contributed by atoms with Crippen LogP contribution >= 0.6 is 0 Å². The molecule has 10 nitrogen and oxygen atoms in total. The number of aromatic nitrogens is 3. The first kappa shape index (κ1) is 13.4. The number of aryl methyl sites for hydroxylation is 1. The number of anilines is 2. The van der Waals surface area contributed by atoms with Crippen LogP contribution in [0.5, 0.6) is 0 Å². The van der Waals surface area contributed by atoms with Gasteiger partial charge in [-0.1, -0.05) is 5.16 Å². The van der Waals surface area contributed by atoms with E-state index in [1.54, 1.807) is 14.0 Å². The van der Waals surface area contributed by atoms with Crippen molar-refractivity contribution in [2.75, 3.05) is 17.7 Å². The Kier molecular flexibility index (Phi) is 3.55. The molecule has 2 N–H and O–H groups in total. The summed E-state index contributed by atoms with van der Waals surface area (Å²) in [7, 11) is 1.58. The monoisotopic (exact) mass is 278 g/mol. The molecule has 0 spiro atoms. The Morgan fingerprint density at radius 2 is 2.25 bits per heavy atom. The summed E-state index contributed by atoms with van der Waals surface area (Å²) in [5.74, 6) is -0.0813. The van der Waals surface area contributed by atoms with Gasteiger partial charge in [0.1, 0.15) is 17.6 Å². The Bertz CT molecular complexity index is 668. The number of nitro groups is 1. The highest BCUT2D eigenvalue weighted by Gasteiger charge is 2.23. The first-order valence-corrected chi connectivity index (χ1v) is 5.45. The molecule has 0 saturated heterocycles. The third kappa shape index (κ3) is 2.68. The second kappa shape index (κ2) is 5.30. The third-order valence-electron chi connectivity index (χ3n) is 2.33. The van der Waals surface area contributed by atoms with Crippen LogP contribution in [0.25, 0.3) is 0 Å². The van der Waals surface area contributed by atoms with Gasteiger partial charge in [0.05, 0.1) is 4.92 Å². The van der Waals surface area contributed by atoms with Gasteiger partial charge < -0.3 is 9.84 Å². The zero-order chi connectivity index (χ0) is 14.7. The van der Waals surface area contributed by atoms with Crippen LogP contribution in [-0.2, 0) is 0 Å². The van der Waals surface area contributed by atoms with Crippen LogP contribution in [0.2, 0.25) is 0 Å². The van der Waals surface area contributed by atoms with Crippen LogP contribution in [0.15, 0.2) is 16.8 Å². The highest BCUT2D eigenvalue weighted by atomic mass is 16.6. The molecule has 104 valence electrons. The van der Waals surface area contributed by atoms with Crippen LogP contribution in [-0.4, -0.2) is 33.0 Å². The van der Waals surface area contributed by atoms with E-state index in [0.717, 1.165) is 6.20 Å². The molecular formula is C10H10N6O4. The molecule has 0 radical (unpaired) electrons. The normalized spacial score (nSPS) is 10.1. The second-order valence-electron chi connectivity index (χ2n) is 3.69. The maximum absolute atomic E-state index is 12.0. The lowest BCUT2D eigenvalue weighted by Crippen LogP contribution is -2.15. The van der Waals surface area contributed by atoms with Gasteiger partial charge in [0.2, 0.25) is 0 Å². The molecule has 0 aliphatic heterocycles. The molecule has 1 amide bonds. The molecule has 2 aromatic rings. The minimum atomic E-state index is -0.737. The molecule has 2 heterocycles. The third-order valence-corrected chi connectivity index (χ3v) is 2.33. The zero-order valence-electron chi connectivity index (χ0n) is 10.6. The van der Waals surface area contributed by atoms with Gasteiger partial charge in [-0.15, -0.1) is 0 Å². The van der Waals surface area contributed by atoms with E-state index >= 15 is 0 Å². The van der Waals surface area contributed by atoms with E-state index < -0.39 is 16.5 Å². The minimum absolute atomic E-state index is 0.135. The van der Waals surface area contributed by atoms with Crippen LogP contribution < -0.4 is 10.6 Å². The summed E-state index contributed by atoms with van der Waals surface area (Å²) in [6, 6.07) is 1.13. The SMILES string of the molecule is CNc1cc(C(=O)Nc2nc(C)no2)c([N+](=O)[O-])cn1. The van der Waals surface area contributed by atoms with Gasteiger partial charge in [-0.25, -0.2) is 4.98 Å². The summed E-state index contributed by atoms with van der Waals surface area (Å²) in [5, 5.41) is 19.4. The Morgan fingerprint density at radius 1 is 1.50 bits per heavy atom. The summed E-state index contributed by atoms with van der Waals surface area (Å²) in [6.07, 6.45) is 1.000. The number of nitrogens with zero attached hydrogens (tertiary/aromatic N) is 4. The number of hydrogen-bond donors (Lipinski definition) is 2. The average molecular weight is 278 g/mol. The number of amides is 1. The Hall–Kier alpha value is -3.04. The minimum Gasteiger partial charge on any atom is -0.373 e. The van der Waals surface area contributed by atoms with Gasteiger partial charge in [0.25, 0.3) is 11.6 Å². The number of carbonyl (C=O) groups is 1. The number of rotatable bonds is 4. The lowest BCUT2D eigenvalue weighted by atomic mass is 10.2. The smallest absolute Gasteiger partial charge is 0.328 e. The van der Waals surface area contributed by atoms with E-state index in [-0.39, 0.29) is 11.6 Å². The summed E-state index contributed by atoms with van der Waals surface area (Å²) in [5.41, 5.74) is -0.581. The van der Waals surface area contributed by atoms with Gasteiger partial charge in [-0.05, 0) is 6.92 Å². The maximum Gasteiger partial charge on any atom is 0.328 e. The van der Waals surface area contributed by atoms with Crippen LogP contribution in [0.4, 0.5) is 17.5 Å². The van der Waals surface area contributed by atoms with Crippen LogP contribution in [0.3, 0.4) is 0 Å². The first-order chi connectivity index (χ1) is 9.51. The van der Waals surface area contributed by atoms with Crippen molar-refractivity contribution in [1.82, 2.24) is 15.1 Å². The van der Waals surface area contributed by atoms with Gasteiger partial charge in [-0.3, -0.25) is 20.2 Å². The summed E-state index contributed by atoms with van der Waals surface area (Å²) < 4.78 is 4.72. The molecule has 0 fully saturated rings. The van der Waals surface area contributed by atoms with Crippen molar-refractivity contribution < 1.29 is 14.2 Å². The van der Waals surface area contributed by atoms with Crippen LogP contribution in [0, 0.1) is 17.0 Å². The largest absolute Gasteiger partial charge is 0.373 e. The highest BCUT2D eigenvalue weighted by molar-refractivity contribution is 6.06. The van der Waals surface area contributed by atoms with Crippen molar-refractivity contribution in [3.63, 3.8) is 0 Å². The van der Waals surface area contributed by atoms with Crippen molar-refractivity contribution in [1.29, 1.82) is 0 Å². The summed E-state index contributed by atoms with van der Waals surface area (Å²) >= 11 is 0. The predicted molar refractivity (Wildman–Crippen MR) is 67.4 cm³/mol. The Labute approximate surface area is 112 Å². The van der Waals surface area contributed by atoms with E-state index in [1.807, 2.05) is 0 Å². The fraction of sp³-hybridized carbons (Fsp3) is 0.200. The van der Waals surface area contributed by atoms with E-state index in [0.29, 0.717) is 11.6 Å². The first-order valence-electron chi connectivity index (χ1n) is 5.45. The van der Waals surface area contributed by atoms with E-state index in [2.05, 4.69) is 25.8 Å². The van der Waals surface area contributed by atoms with Gasteiger partial charge in [0, 0.05) is 13.1 Å². The lowest BCUT2D eigenvalue weighted by molar-refractivity contribution is -0.385. The molecule has 10 heteroatoms. The molecule has 0 unspecified atom stereocenters. The van der Waals surface area contributed by atoms with Gasteiger partial charge in [0.15, 0.2) is 5.82 Å². The molecule has 0 aliphatic carbocycles. The van der Waals surface area contributed by atoms with Crippen molar-refractivity contribution in [2.45, 2.75) is 6.92 Å². The van der Waals surface area contributed by atoms with E-state index in [9.17, 15) is 14.9 Å². The molecule has 2 rings (SSSR count). The standard InChI is InChI=1S/C10H10N6O4/c1-5-13-10(20-15-5)14-9(17)6-3-8(11-2)12-4-7(6)16(18)19/h3-4H,1-2H3,(H,11,12)(H,13,14,15,17). The molecule has 20 heavy (non-hydrogen) atoms. The van der Waals surface area contributed by atoms with Crippen molar-refractivity contribution in [3.8, 4) is 0 Å². The highest BCUT2D eigenvalue weighted by Crippen LogP contribution is 2.21. The number of hydrogen-bond acceptors (Lipinski definition) is 8. The van der Waals surface area contributed by atoms with Crippen molar-refractivity contribution in [2.24, 2.45) is 0 Å². The van der Waals surface area contributed by atoms with Crippen molar-refractivity contribution >= 4 is 23.4 Å². The molecular weight excluding hydrogens is 268 g/mol. The second-order valence-corrected chi connectivity index (χ2v) is 3.69.